The first-order chi connectivity index (χ1) is 11.3. The van der Waals surface area contributed by atoms with Crippen molar-refractivity contribution in [3.8, 4) is 0 Å². The molecule has 122 valence electrons. The Morgan fingerprint density at radius 1 is 1.35 bits per heavy atom. The van der Waals surface area contributed by atoms with Gasteiger partial charge in [0.2, 0.25) is 0 Å². The molecule has 2 fully saturated rings. The third kappa shape index (κ3) is 2.46. The Labute approximate surface area is 134 Å². The number of hydrogen-bond donors (Lipinski definition) is 4. The molecule has 7 nitrogen and oxygen atoms in total. The summed E-state index contributed by atoms with van der Waals surface area (Å²) in [6.45, 7) is 3.26. The number of nitrogens with one attached hydrogen (secondary N) is 3. The predicted octanol–water partition coefficient (Wildman–Crippen LogP) is 1.42. The number of aromatic amines is 1. The molecule has 7 heteroatoms. The molecule has 0 spiro atoms. The first-order valence-electron chi connectivity index (χ1n) is 8.21. The Bertz CT molecular complexity index is 714. The molecule has 23 heavy (non-hydrogen) atoms. The molecule has 1 aromatic carbocycles. The molecule has 2 aliphatic heterocycles. The smallest absolute Gasteiger partial charge is 0.189 e. The maximum absolute atomic E-state index is 9.39. The van der Waals surface area contributed by atoms with Crippen LogP contribution in [0.5, 0.6) is 0 Å². The molecule has 4 rings (SSSR count). The van der Waals surface area contributed by atoms with E-state index in [1.165, 1.54) is 38.8 Å². The Balaban J connectivity index is 1.46. The van der Waals surface area contributed by atoms with Gasteiger partial charge in [0.05, 0.1) is 17.4 Å². The number of nitrogens with zero attached hydrogens (tertiary/aromatic N) is 3. The fourth-order valence-electron chi connectivity index (χ4n) is 4.12. The molecule has 2 aromatic rings. The summed E-state index contributed by atoms with van der Waals surface area (Å²) < 4.78 is 0. The molecule has 0 amide bonds. The number of imidazole rings is 1. The highest BCUT2D eigenvalue weighted by Gasteiger charge is 2.43. The summed E-state index contributed by atoms with van der Waals surface area (Å²) >= 11 is 0. The number of hydrazine groups is 1. The van der Waals surface area contributed by atoms with Crippen molar-refractivity contribution in [1.29, 1.82) is 0 Å². The zero-order chi connectivity index (χ0) is 15.7. The van der Waals surface area contributed by atoms with E-state index >= 15 is 0 Å². The number of H-pyrrole nitrogens is 1. The van der Waals surface area contributed by atoms with Gasteiger partial charge in [-0.25, -0.2) is 10.4 Å². The largest absolute Gasteiger partial charge is 0.409 e. The van der Waals surface area contributed by atoms with Crippen molar-refractivity contribution in [3.63, 3.8) is 0 Å². The minimum atomic E-state index is 0.271. The number of para-hydroxylation sites is 1. The van der Waals surface area contributed by atoms with Crippen LogP contribution in [0.3, 0.4) is 0 Å². The van der Waals surface area contributed by atoms with E-state index in [0.717, 1.165) is 23.1 Å². The van der Waals surface area contributed by atoms with Gasteiger partial charge < -0.3 is 15.6 Å². The monoisotopic (exact) mass is 314 g/mol. The van der Waals surface area contributed by atoms with Gasteiger partial charge in [0.1, 0.15) is 0 Å². The predicted molar refractivity (Wildman–Crippen MR) is 88.3 cm³/mol. The number of aromatic nitrogens is 2. The van der Waals surface area contributed by atoms with Crippen LogP contribution < -0.4 is 10.9 Å². The van der Waals surface area contributed by atoms with Crippen LogP contribution in [0.15, 0.2) is 29.7 Å². The van der Waals surface area contributed by atoms with Crippen molar-refractivity contribution < 1.29 is 5.21 Å². The molecular weight excluding hydrogens is 292 g/mol. The lowest BCUT2D eigenvalue weighted by Crippen LogP contribution is -2.51. The summed E-state index contributed by atoms with van der Waals surface area (Å²) in [5.74, 6) is 0.402. The first kappa shape index (κ1) is 14.5. The Morgan fingerprint density at radius 3 is 2.96 bits per heavy atom. The van der Waals surface area contributed by atoms with Crippen LogP contribution >= 0.6 is 0 Å². The van der Waals surface area contributed by atoms with Gasteiger partial charge in [-0.3, -0.25) is 4.90 Å². The van der Waals surface area contributed by atoms with Crippen LogP contribution in [0.1, 0.15) is 31.2 Å². The van der Waals surface area contributed by atoms with E-state index in [2.05, 4.69) is 30.9 Å². The summed E-state index contributed by atoms with van der Waals surface area (Å²) in [7, 11) is 0. The second-order valence-electron chi connectivity index (χ2n) is 6.45. The summed E-state index contributed by atoms with van der Waals surface area (Å²) in [6.07, 6.45) is 6.67. The van der Waals surface area contributed by atoms with E-state index in [-0.39, 0.29) is 5.54 Å². The van der Waals surface area contributed by atoms with Crippen LogP contribution in [0.2, 0.25) is 0 Å². The van der Waals surface area contributed by atoms with Crippen LogP contribution in [0, 0.1) is 0 Å². The van der Waals surface area contributed by atoms with Crippen LogP contribution in [-0.2, 0) is 0 Å². The molecular formula is C16H22N6O. The number of amidine groups is 1. The van der Waals surface area contributed by atoms with E-state index in [1.807, 2.05) is 18.2 Å². The first-order valence-corrected chi connectivity index (χ1v) is 8.21. The molecule has 0 unspecified atom stereocenters. The number of oxime groups is 1. The lowest BCUT2D eigenvalue weighted by atomic mass is 9.94. The van der Waals surface area contributed by atoms with Crippen LogP contribution in [0.4, 0.5) is 0 Å². The standard InChI is InChI=1S/C16H22N6O/c23-21-15(12-4-1-5-13-14(12)18-11-17-13)20-19-10-16-6-2-8-22(16)9-3-7-16/h1,4-5,11,19,23H,2-3,6-10H2,(H,17,18)(H,20,21). The van der Waals surface area contributed by atoms with Gasteiger partial charge in [-0.05, 0) is 50.9 Å². The Kier molecular flexibility index (Phi) is 3.66. The van der Waals surface area contributed by atoms with Crippen molar-refractivity contribution >= 4 is 16.9 Å². The lowest BCUT2D eigenvalue weighted by Gasteiger charge is -2.32. The second-order valence-corrected chi connectivity index (χ2v) is 6.45. The Morgan fingerprint density at radius 2 is 2.17 bits per heavy atom. The normalized spacial score (nSPS) is 21.0. The number of fused-ring (bicyclic) bond motifs is 2. The zero-order valence-electron chi connectivity index (χ0n) is 13.0. The minimum Gasteiger partial charge on any atom is -0.409 e. The Hall–Kier alpha value is -2.12. The third-order valence-electron chi connectivity index (χ3n) is 5.25. The van der Waals surface area contributed by atoms with Gasteiger partial charge in [0.15, 0.2) is 5.84 Å². The summed E-state index contributed by atoms with van der Waals surface area (Å²) in [5, 5.41) is 12.8. The van der Waals surface area contributed by atoms with Gasteiger partial charge in [-0.15, -0.1) is 0 Å². The van der Waals surface area contributed by atoms with E-state index in [0.29, 0.717) is 5.84 Å². The highest BCUT2D eigenvalue weighted by atomic mass is 16.4. The average molecular weight is 314 g/mol. The molecule has 0 radical (unpaired) electrons. The van der Waals surface area contributed by atoms with Crippen LogP contribution in [0.25, 0.3) is 11.0 Å². The SMILES string of the molecule is ON=C(NNCC12CCCN1CCC2)c1cccc2nc[nH]c12. The maximum Gasteiger partial charge on any atom is 0.189 e. The van der Waals surface area contributed by atoms with Crippen molar-refractivity contribution in [2.24, 2.45) is 5.16 Å². The summed E-state index contributed by atoms with van der Waals surface area (Å²) in [5.41, 5.74) is 9.13. The van der Waals surface area contributed by atoms with E-state index in [4.69, 9.17) is 0 Å². The number of hydrogen-bond acceptors (Lipinski definition) is 5. The topological polar surface area (TPSA) is 88.6 Å². The number of rotatable bonds is 4. The molecule has 0 saturated carbocycles. The lowest BCUT2D eigenvalue weighted by molar-refractivity contribution is 0.187. The molecule has 1 aromatic heterocycles. The van der Waals surface area contributed by atoms with E-state index < -0.39 is 0 Å². The van der Waals surface area contributed by atoms with Crippen molar-refractivity contribution in [2.75, 3.05) is 19.6 Å². The fourth-order valence-corrected chi connectivity index (χ4v) is 4.12. The van der Waals surface area contributed by atoms with Crippen molar-refractivity contribution in [2.45, 2.75) is 31.2 Å². The highest BCUT2D eigenvalue weighted by Crippen LogP contribution is 2.37. The van der Waals surface area contributed by atoms with E-state index in [9.17, 15) is 5.21 Å². The highest BCUT2D eigenvalue weighted by molar-refractivity contribution is 6.07. The molecule has 2 saturated heterocycles. The average Bonchev–Trinajstić information content (AvgIpc) is 3.25. The quantitative estimate of drug-likeness (QED) is 0.297. The number of benzene rings is 1. The molecule has 3 heterocycles. The zero-order valence-corrected chi connectivity index (χ0v) is 13.0. The van der Waals surface area contributed by atoms with Crippen molar-refractivity contribution in [1.82, 2.24) is 25.7 Å². The van der Waals surface area contributed by atoms with Gasteiger partial charge in [-0.2, -0.15) is 0 Å². The maximum atomic E-state index is 9.39. The summed E-state index contributed by atoms with van der Waals surface area (Å²) in [6, 6.07) is 5.73. The van der Waals surface area contributed by atoms with Gasteiger partial charge in [0, 0.05) is 17.6 Å². The van der Waals surface area contributed by atoms with Gasteiger partial charge >= 0.3 is 0 Å². The second kappa shape index (κ2) is 5.82. The minimum absolute atomic E-state index is 0.271. The third-order valence-corrected chi connectivity index (χ3v) is 5.25. The van der Waals surface area contributed by atoms with Gasteiger partial charge in [0.25, 0.3) is 0 Å². The molecule has 0 aliphatic carbocycles. The van der Waals surface area contributed by atoms with Crippen molar-refractivity contribution in [3.05, 3.63) is 30.1 Å². The molecule has 0 bridgehead atoms. The van der Waals surface area contributed by atoms with E-state index in [1.54, 1.807) is 6.33 Å². The van der Waals surface area contributed by atoms with Crippen LogP contribution in [-0.4, -0.2) is 51.1 Å². The summed E-state index contributed by atoms with van der Waals surface area (Å²) in [4.78, 5) is 9.92. The molecule has 0 atom stereocenters. The fraction of sp³-hybridized carbons (Fsp3) is 0.500. The van der Waals surface area contributed by atoms with Gasteiger partial charge in [-0.1, -0.05) is 11.2 Å². The molecule has 4 N–H and O–H groups in total. The molecule has 2 aliphatic rings.